The number of aromatic nitrogens is 2. The van der Waals surface area contributed by atoms with Crippen LogP contribution in [0.2, 0.25) is 0 Å². The van der Waals surface area contributed by atoms with Crippen molar-refractivity contribution in [1.29, 1.82) is 0 Å². The van der Waals surface area contributed by atoms with E-state index in [0.29, 0.717) is 29.0 Å². The second-order valence-corrected chi connectivity index (χ2v) is 7.29. The Labute approximate surface area is 169 Å². The Morgan fingerprint density at radius 3 is 2.59 bits per heavy atom. The molecule has 0 atom stereocenters. The summed E-state index contributed by atoms with van der Waals surface area (Å²) in [6.07, 6.45) is 2.35. The number of hydrogen-bond donors (Lipinski definition) is 1. The molecule has 0 radical (unpaired) electrons. The lowest BCUT2D eigenvalue weighted by Crippen LogP contribution is -2.44. The first-order valence-corrected chi connectivity index (χ1v) is 9.76. The third-order valence-electron chi connectivity index (χ3n) is 5.32. The van der Waals surface area contributed by atoms with Crippen LogP contribution in [0.25, 0.3) is 10.9 Å². The van der Waals surface area contributed by atoms with Crippen LogP contribution < -0.4 is 10.2 Å². The van der Waals surface area contributed by atoms with E-state index in [2.05, 4.69) is 44.3 Å². The van der Waals surface area contributed by atoms with Crippen LogP contribution in [0.3, 0.4) is 0 Å². The molecule has 1 aromatic heterocycles. The zero-order valence-electron chi connectivity index (χ0n) is 16.4. The van der Waals surface area contributed by atoms with Crippen molar-refractivity contribution < 1.29 is 4.92 Å². The average molecular weight is 392 g/mol. The molecule has 0 bridgehead atoms. The van der Waals surface area contributed by atoms with Crippen LogP contribution in [-0.4, -0.2) is 59.6 Å². The lowest BCUT2D eigenvalue weighted by Gasteiger charge is -2.33. The van der Waals surface area contributed by atoms with Crippen molar-refractivity contribution in [3.8, 4) is 0 Å². The van der Waals surface area contributed by atoms with Gasteiger partial charge in [-0.1, -0.05) is 30.3 Å². The van der Waals surface area contributed by atoms with Gasteiger partial charge in [0.2, 0.25) is 0 Å². The van der Waals surface area contributed by atoms with Crippen LogP contribution in [0.4, 0.5) is 17.2 Å². The molecule has 0 amide bonds. The highest BCUT2D eigenvalue weighted by Crippen LogP contribution is 2.34. The van der Waals surface area contributed by atoms with Crippen LogP contribution in [0, 0.1) is 10.1 Å². The third-order valence-corrected chi connectivity index (χ3v) is 5.32. The molecule has 29 heavy (non-hydrogen) atoms. The van der Waals surface area contributed by atoms with Gasteiger partial charge in [0.15, 0.2) is 0 Å². The summed E-state index contributed by atoms with van der Waals surface area (Å²) >= 11 is 0. The minimum atomic E-state index is -0.312. The summed E-state index contributed by atoms with van der Waals surface area (Å²) in [4.78, 5) is 24.5. The fourth-order valence-corrected chi connectivity index (χ4v) is 3.64. The molecule has 0 aliphatic carbocycles. The van der Waals surface area contributed by atoms with Crippen molar-refractivity contribution in [2.75, 3.05) is 50.0 Å². The van der Waals surface area contributed by atoms with Gasteiger partial charge in [-0.15, -0.1) is 0 Å². The molecule has 4 rings (SSSR count). The number of fused-ring (bicyclic) bond motifs is 1. The van der Waals surface area contributed by atoms with E-state index in [1.165, 1.54) is 11.9 Å². The highest BCUT2D eigenvalue weighted by molar-refractivity contribution is 5.94. The van der Waals surface area contributed by atoms with Crippen molar-refractivity contribution in [1.82, 2.24) is 14.9 Å². The number of benzene rings is 2. The van der Waals surface area contributed by atoms with Gasteiger partial charge in [-0.3, -0.25) is 10.1 Å². The van der Waals surface area contributed by atoms with E-state index in [1.54, 1.807) is 6.07 Å². The second kappa shape index (κ2) is 8.40. The normalized spacial score (nSPS) is 14.9. The first-order valence-electron chi connectivity index (χ1n) is 9.76. The molecule has 0 unspecified atom stereocenters. The van der Waals surface area contributed by atoms with Crippen LogP contribution in [-0.2, 0) is 6.42 Å². The second-order valence-electron chi connectivity index (χ2n) is 7.29. The van der Waals surface area contributed by atoms with Crippen molar-refractivity contribution in [3.05, 3.63) is 64.5 Å². The van der Waals surface area contributed by atoms with Crippen LogP contribution in [0.5, 0.6) is 0 Å². The summed E-state index contributed by atoms with van der Waals surface area (Å²) in [5, 5.41) is 15.8. The van der Waals surface area contributed by atoms with Crippen LogP contribution in [0.15, 0.2) is 48.8 Å². The number of anilines is 2. The Morgan fingerprint density at radius 1 is 1.10 bits per heavy atom. The van der Waals surface area contributed by atoms with E-state index in [0.717, 1.165) is 32.6 Å². The highest BCUT2D eigenvalue weighted by atomic mass is 16.6. The van der Waals surface area contributed by atoms with E-state index in [-0.39, 0.29) is 10.6 Å². The van der Waals surface area contributed by atoms with Gasteiger partial charge in [0.25, 0.3) is 5.69 Å². The largest absolute Gasteiger partial charge is 0.369 e. The standard InChI is InChI=1S/C21H24N6O2/c1-25-9-11-26(12-10-25)19-14-18-17(13-20(19)27(28)29)21(24-15-23-18)22-8-7-16-5-3-2-4-6-16/h2-6,13-15H,7-12H2,1H3,(H,22,23,24). The quantitative estimate of drug-likeness (QED) is 0.510. The van der Waals surface area contributed by atoms with E-state index in [1.807, 2.05) is 24.3 Å². The molecule has 1 aliphatic rings. The predicted octanol–water partition coefficient (Wildman–Crippen LogP) is 2.94. The Morgan fingerprint density at radius 2 is 1.86 bits per heavy atom. The Hall–Kier alpha value is -3.26. The summed E-state index contributed by atoms with van der Waals surface area (Å²) in [5.41, 5.74) is 2.66. The van der Waals surface area contributed by atoms with Crippen molar-refractivity contribution >= 4 is 28.1 Å². The third kappa shape index (κ3) is 4.27. The predicted molar refractivity (Wildman–Crippen MR) is 115 cm³/mol. The van der Waals surface area contributed by atoms with E-state index in [9.17, 15) is 10.1 Å². The fraction of sp³-hybridized carbons (Fsp3) is 0.333. The minimum Gasteiger partial charge on any atom is -0.369 e. The van der Waals surface area contributed by atoms with Crippen LogP contribution in [0.1, 0.15) is 5.56 Å². The van der Waals surface area contributed by atoms with Gasteiger partial charge >= 0.3 is 0 Å². The summed E-state index contributed by atoms with van der Waals surface area (Å²) < 4.78 is 0. The number of piperazine rings is 1. The molecule has 8 heteroatoms. The number of nitro groups is 1. The van der Waals surface area contributed by atoms with E-state index >= 15 is 0 Å². The molecule has 2 heterocycles. The summed E-state index contributed by atoms with van der Waals surface area (Å²) in [6, 6.07) is 13.6. The molecule has 1 saturated heterocycles. The maximum absolute atomic E-state index is 11.8. The Balaban J connectivity index is 1.61. The number of hydrogen-bond acceptors (Lipinski definition) is 7. The topological polar surface area (TPSA) is 87.4 Å². The summed E-state index contributed by atoms with van der Waals surface area (Å²) in [5.74, 6) is 0.624. The molecule has 0 saturated carbocycles. The number of likely N-dealkylation sites (N-methyl/N-ethyl adjacent to an activating group) is 1. The molecule has 1 N–H and O–H groups in total. The molecule has 0 spiro atoms. The monoisotopic (exact) mass is 392 g/mol. The van der Waals surface area contributed by atoms with Gasteiger partial charge in [-0.25, -0.2) is 9.97 Å². The first kappa shape index (κ1) is 19.1. The molecule has 1 aliphatic heterocycles. The van der Waals surface area contributed by atoms with Gasteiger partial charge in [0.05, 0.1) is 10.4 Å². The van der Waals surface area contributed by atoms with Crippen molar-refractivity contribution in [2.24, 2.45) is 0 Å². The van der Waals surface area contributed by atoms with Gasteiger partial charge in [0.1, 0.15) is 17.8 Å². The molecular formula is C21H24N6O2. The zero-order valence-corrected chi connectivity index (χ0v) is 16.4. The van der Waals surface area contributed by atoms with Crippen molar-refractivity contribution in [3.63, 3.8) is 0 Å². The number of rotatable bonds is 6. The molecule has 150 valence electrons. The van der Waals surface area contributed by atoms with E-state index < -0.39 is 0 Å². The summed E-state index contributed by atoms with van der Waals surface area (Å²) in [6.45, 7) is 3.97. The first-order chi connectivity index (χ1) is 14.1. The minimum absolute atomic E-state index is 0.1000. The van der Waals surface area contributed by atoms with Gasteiger partial charge in [-0.05, 0) is 25.1 Å². The fourth-order valence-electron chi connectivity index (χ4n) is 3.64. The van der Waals surface area contributed by atoms with E-state index in [4.69, 9.17) is 0 Å². The molecule has 1 fully saturated rings. The lowest BCUT2D eigenvalue weighted by atomic mass is 10.1. The Bertz CT molecular complexity index is 1000. The smallest absolute Gasteiger partial charge is 0.293 e. The molecule has 2 aromatic carbocycles. The lowest BCUT2D eigenvalue weighted by molar-refractivity contribution is -0.384. The van der Waals surface area contributed by atoms with Crippen LogP contribution >= 0.6 is 0 Å². The maximum atomic E-state index is 11.8. The average Bonchev–Trinajstić information content (AvgIpc) is 2.74. The van der Waals surface area contributed by atoms with Gasteiger partial charge < -0.3 is 15.1 Å². The molecular weight excluding hydrogens is 368 g/mol. The SMILES string of the molecule is CN1CCN(c2cc3ncnc(NCCc4ccccc4)c3cc2[N+](=O)[O-])CC1. The molecule has 3 aromatic rings. The maximum Gasteiger partial charge on any atom is 0.293 e. The number of nitrogens with one attached hydrogen (secondary N) is 1. The number of nitro benzene ring substituents is 1. The highest BCUT2D eigenvalue weighted by Gasteiger charge is 2.24. The van der Waals surface area contributed by atoms with Crippen molar-refractivity contribution in [2.45, 2.75) is 6.42 Å². The number of nitrogens with zero attached hydrogens (tertiary/aromatic N) is 5. The van der Waals surface area contributed by atoms with Gasteiger partial charge in [0, 0.05) is 44.2 Å². The van der Waals surface area contributed by atoms with Gasteiger partial charge in [-0.2, -0.15) is 0 Å². The zero-order chi connectivity index (χ0) is 20.2. The molecule has 8 nitrogen and oxygen atoms in total. The summed E-state index contributed by atoms with van der Waals surface area (Å²) in [7, 11) is 2.06. The Kier molecular flexibility index (Phi) is 5.53.